The van der Waals surface area contributed by atoms with Crippen molar-refractivity contribution in [3.8, 4) is 0 Å². The average molecular weight is 296 g/mol. The lowest BCUT2D eigenvalue weighted by Gasteiger charge is -2.01. The van der Waals surface area contributed by atoms with E-state index in [0.717, 1.165) is 10.0 Å². The van der Waals surface area contributed by atoms with Crippen LogP contribution < -0.4 is 0 Å². The topological polar surface area (TPSA) is 57.0 Å². The Bertz CT molecular complexity index is 539. The highest BCUT2D eigenvalue weighted by molar-refractivity contribution is 9.10. The fourth-order valence-electron chi connectivity index (χ4n) is 1.38. The number of hydrogen-bond acceptors (Lipinski definition) is 4. The molecule has 0 fully saturated rings. The maximum absolute atomic E-state index is 11.2. The van der Waals surface area contributed by atoms with E-state index < -0.39 is 5.97 Å². The van der Waals surface area contributed by atoms with Crippen LogP contribution in [0.1, 0.15) is 16.2 Å². The van der Waals surface area contributed by atoms with Crippen LogP contribution in [0, 0.1) is 0 Å². The number of halogens is 1. The van der Waals surface area contributed by atoms with Crippen molar-refractivity contribution in [1.29, 1.82) is 0 Å². The first-order valence-corrected chi connectivity index (χ1v) is 5.70. The lowest BCUT2D eigenvalue weighted by molar-refractivity contribution is 0.0586. The second-order valence-electron chi connectivity index (χ2n) is 3.39. The zero-order valence-corrected chi connectivity index (χ0v) is 10.7. The van der Waals surface area contributed by atoms with Gasteiger partial charge in [-0.1, -0.05) is 28.1 Å². The van der Waals surface area contributed by atoms with E-state index in [2.05, 4.69) is 30.7 Å². The van der Waals surface area contributed by atoms with Gasteiger partial charge >= 0.3 is 5.97 Å². The molecule has 0 aliphatic heterocycles. The van der Waals surface area contributed by atoms with Gasteiger partial charge in [-0.05, 0) is 17.7 Å². The van der Waals surface area contributed by atoms with E-state index >= 15 is 0 Å². The summed E-state index contributed by atoms with van der Waals surface area (Å²) in [6.07, 6.45) is 1.51. The molecular weight excluding hydrogens is 286 g/mol. The molecule has 0 spiro atoms. The largest absolute Gasteiger partial charge is 0.463 e. The van der Waals surface area contributed by atoms with Crippen LogP contribution in [-0.4, -0.2) is 27.8 Å². The summed E-state index contributed by atoms with van der Waals surface area (Å²) in [4.78, 5) is 15.0. The van der Waals surface area contributed by atoms with E-state index in [0.29, 0.717) is 6.54 Å². The van der Waals surface area contributed by atoms with Crippen LogP contribution in [0.15, 0.2) is 35.1 Å². The SMILES string of the molecule is COC(=O)c1ncn(Cc2cccc(Br)c2)n1. The van der Waals surface area contributed by atoms with Crippen molar-refractivity contribution in [2.24, 2.45) is 0 Å². The van der Waals surface area contributed by atoms with Crippen LogP contribution in [0.5, 0.6) is 0 Å². The molecule has 1 aromatic heterocycles. The molecule has 0 saturated carbocycles. The van der Waals surface area contributed by atoms with Crippen LogP contribution >= 0.6 is 15.9 Å². The van der Waals surface area contributed by atoms with E-state index in [4.69, 9.17) is 0 Å². The number of aromatic nitrogens is 3. The highest BCUT2D eigenvalue weighted by Crippen LogP contribution is 2.12. The van der Waals surface area contributed by atoms with Gasteiger partial charge in [0.05, 0.1) is 13.7 Å². The summed E-state index contributed by atoms with van der Waals surface area (Å²) in [5, 5.41) is 4.02. The quantitative estimate of drug-likeness (QED) is 0.811. The van der Waals surface area contributed by atoms with E-state index in [1.165, 1.54) is 13.4 Å². The van der Waals surface area contributed by atoms with Crippen molar-refractivity contribution < 1.29 is 9.53 Å². The normalized spacial score (nSPS) is 10.2. The third-order valence-electron chi connectivity index (χ3n) is 2.14. The molecule has 1 aromatic carbocycles. The lowest BCUT2D eigenvalue weighted by atomic mass is 10.2. The maximum Gasteiger partial charge on any atom is 0.377 e. The molecule has 0 aliphatic carbocycles. The van der Waals surface area contributed by atoms with Crippen molar-refractivity contribution in [3.63, 3.8) is 0 Å². The van der Waals surface area contributed by atoms with Crippen LogP contribution in [-0.2, 0) is 11.3 Å². The lowest BCUT2D eigenvalue weighted by Crippen LogP contribution is -2.06. The van der Waals surface area contributed by atoms with Gasteiger partial charge in [0.15, 0.2) is 0 Å². The van der Waals surface area contributed by atoms with Crippen molar-refractivity contribution in [3.05, 3.63) is 46.5 Å². The first-order valence-electron chi connectivity index (χ1n) is 4.91. The molecular formula is C11H10BrN3O2. The van der Waals surface area contributed by atoms with Crippen molar-refractivity contribution in [2.45, 2.75) is 6.54 Å². The number of carbonyl (C=O) groups is 1. The van der Waals surface area contributed by atoms with E-state index in [1.807, 2.05) is 24.3 Å². The smallest absolute Gasteiger partial charge is 0.377 e. The monoisotopic (exact) mass is 295 g/mol. The Morgan fingerprint density at radius 1 is 1.53 bits per heavy atom. The molecule has 1 heterocycles. The summed E-state index contributed by atoms with van der Waals surface area (Å²) in [5.41, 5.74) is 1.07. The van der Waals surface area contributed by atoms with Crippen molar-refractivity contribution in [1.82, 2.24) is 14.8 Å². The Kier molecular flexibility index (Phi) is 3.53. The number of methoxy groups -OCH3 is 1. The van der Waals surface area contributed by atoms with Crippen LogP contribution in [0.4, 0.5) is 0 Å². The number of rotatable bonds is 3. The summed E-state index contributed by atoms with van der Waals surface area (Å²) in [6.45, 7) is 0.559. The molecule has 17 heavy (non-hydrogen) atoms. The van der Waals surface area contributed by atoms with Gasteiger partial charge in [-0.3, -0.25) is 0 Å². The summed E-state index contributed by atoms with van der Waals surface area (Å²) in [7, 11) is 1.30. The van der Waals surface area contributed by atoms with E-state index in [1.54, 1.807) is 4.68 Å². The van der Waals surface area contributed by atoms with Gasteiger partial charge < -0.3 is 4.74 Å². The van der Waals surface area contributed by atoms with Crippen LogP contribution in [0.25, 0.3) is 0 Å². The minimum absolute atomic E-state index is 0.0718. The maximum atomic E-state index is 11.2. The number of hydrogen-bond donors (Lipinski definition) is 0. The number of ether oxygens (including phenoxy) is 1. The summed E-state index contributed by atoms with van der Waals surface area (Å²) in [5.74, 6) is -0.458. The third kappa shape index (κ3) is 2.91. The number of nitrogens with zero attached hydrogens (tertiary/aromatic N) is 3. The highest BCUT2D eigenvalue weighted by Gasteiger charge is 2.11. The molecule has 0 radical (unpaired) electrons. The fraction of sp³-hybridized carbons (Fsp3) is 0.182. The van der Waals surface area contributed by atoms with Gasteiger partial charge in [0.1, 0.15) is 6.33 Å². The fourth-order valence-corrected chi connectivity index (χ4v) is 1.82. The van der Waals surface area contributed by atoms with E-state index in [9.17, 15) is 4.79 Å². The molecule has 0 aliphatic rings. The molecule has 0 bridgehead atoms. The van der Waals surface area contributed by atoms with Crippen molar-refractivity contribution >= 4 is 21.9 Å². The highest BCUT2D eigenvalue weighted by atomic mass is 79.9. The zero-order valence-electron chi connectivity index (χ0n) is 9.13. The molecule has 0 saturated heterocycles. The second kappa shape index (κ2) is 5.09. The van der Waals surface area contributed by atoms with Gasteiger partial charge in [0.2, 0.25) is 0 Å². The van der Waals surface area contributed by atoms with Crippen LogP contribution in [0.3, 0.4) is 0 Å². The van der Waals surface area contributed by atoms with E-state index in [-0.39, 0.29) is 5.82 Å². The molecule has 2 rings (SSSR count). The Morgan fingerprint density at radius 2 is 2.35 bits per heavy atom. The summed E-state index contributed by atoms with van der Waals surface area (Å²) in [6, 6.07) is 7.85. The minimum Gasteiger partial charge on any atom is -0.463 e. The standard InChI is InChI=1S/C11H10BrN3O2/c1-17-11(16)10-13-7-15(14-10)6-8-3-2-4-9(12)5-8/h2-5,7H,6H2,1H3. The first-order chi connectivity index (χ1) is 8.19. The number of benzene rings is 1. The molecule has 0 atom stereocenters. The van der Waals surface area contributed by atoms with Gasteiger partial charge in [-0.25, -0.2) is 14.5 Å². The molecule has 2 aromatic rings. The Hall–Kier alpha value is -1.69. The molecule has 88 valence electrons. The molecule has 5 nitrogen and oxygen atoms in total. The summed E-state index contributed by atoms with van der Waals surface area (Å²) >= 11 is 3.40. The van der Waals surface area contributed by atoms with Gasteiger partial charge in [-0.15, -0.1) is 5.10 Å². The average Bonchev–Trinajstić information content (AvgIpc) is 2.76. The van der Waals surface area contributed by atoms with Gasteiger partial charge in [-0.2, -0.15) is 0 Å². The molecule has 0 unspecified atom stereocenters. The Labute approximate surface area is 107 Å². The number of carbonyl (C=O) groups excluding carboxylic acids is 1. The Balaban J connectivity index is 2.14. The molecule has 0 N–H and O–H groups in total. The van der Waals surface area contributed by atoms with Gasteiger partial charge in [0.25, 0.3) is 5.82 Å². The Morgan fingerprint density at radius 3 is 3.06 bits per heavy atom. The van der Waals surface area contributed by atoms with Gasteiger partial charge in [0, 0.05) is 4.47 Å². The van der Waals surface area contributed by atoms with Crippen LogP contribution in [0.2, 0.25) is 0 Å². The first kappa shape index (κ1) is 11.8. The third-order valence-corrected chi connectivity index (χ3v) is 2.63. The second-order valence-corrected chi connectivity index (χ2v) is 4.30. The van der Waals surface area contributed by atoms with Crippen molar-refractivity contribution in [2.75, 3.05) is 7.11 Å². The minimum atomic E-state index is -0.530. The molecule has 0 amide bonds. The summed E-state index contributed by atoms with van der Waals surface area (Å²) < 4.78 is 7.13. The predicted octanol–water partition coefficient (Wildman–Crippen LogP) is 1.88. The molecule has 6 heteroatoms. The zero-order chi connectivity index (χ0) is 12.3. The predicted molar refractivity (Wildman–Crippen MR) is 64.6 cm³/mol. The number of esters is 1.